The van der Waals surface area contributed by atoms with E-state index in [-0.39, 0.29) is 5.41 Å². The number of nitrogens with zero attached hydrogens (tertiary/aromatic N) is 2. The van der Waals surface area contributed by atoms with E-state index < -0.39 is 0 Å². The summed E-state index contributed by atoms with van der Waals surface area (Å²) in [5, 5.41) is 9.22. The average Bonchev–Trinajstić information content (AvgIpc) is 2.98. The smallest absolute Gasteiger partial charge is 0.0823 e. The lowest BCUT2D eigenvalue weighted by molar-refractivity contribution is 0.205. The second-order valence-corrected chi connectivity index (χ2v) is 6.65. The Balaban J connectivity index is 1.47. The Kier molecular flexibility index (Phi) is 2.47. The van der Waals surface area contributed by atoms with Crippen molar-refractivity contribution in [2.75, 3.05) is 6.54 Å². The number of fused-ring (bicyclic) bond motifs is 2. The maximum atomic E-state index is 9.22. The highest BCUT2D eigenvalue weighted by Gasteiger charge is 2.44. The summed E-state index contributed by atoms with van der Waals surface area (Å²) in [5.41, 5.74) is 2.50. The lowest BCUT2D eigenvalue weighted by Crippen LogP contribution is -2.31. The summed E-state index contributed by atoms with van der Waals surface area (Å²) in [4.78, 5) is 2.65. The quantitative estimate of drug-likeness (QED) is 0.826. The standard InChI is InChI=1S/C17H20N2/c18-12-17(7-8-17)15-4-1-13(2-5-15)10-19-11-14-3-6-16(19)9-14/h1-2,4-5,14,16H,3,6-11H2. The molecule has 2 nitrogen and oxygen atoms in total. The van der Waals surface area contributed by atoms with E-state index in [1.807, 2.05) is 0 Å². The normalized spacial score (nSPS) is 31.3. The molecular formula is C17H20N2. The summed E-state index contributed by atoms with van der Waals surface area (Å²) in [6.45, 7) is 2.40. The lowest BCUT2D eigenvalue weighted by Gasteiger charge is -2.26. The monoisotopic (exact) mass is 252 g/mol. The molecule has 3 fully saturated rings. The van der Waals surface area contributed by atoms with Gasteiger partial charge in [-0.1, -0.05) is 24.3 Å². The Morgan fingerprint density at radius 1 is 1.21 bits per heavy atom. The molecule has 2 unspecified atom stereocenters. The van der Waals surface area contributed by atoms with Crippen LogP contribution in [0.4, 0.5) is 0 Å². The van der Waals surface area contributed by atoms with Crippen LogP contribution < -0.4 is 0 Å². The molecule has 1 aromatic carbocycles. The number of benzene rings is 1. The van der Waals surface area contributed by atoms with Crippen LogP contribution in [0.2, 0.25) is 0 Å². The van der Waals surface area contributed by atoms with Crippen molar-refractivity contribution >= 4 is 0 Å². The predicted octanol–water partition coefficient (Wildman–Crippen LogP) is 3.23. The number of rotatable bonds is 3. The van der Waals surface area contributed by atoms with E-state index in [9.17, 15) is 5.26 Å². The van der Waals surface area contributed by atoms with Crippen molar-refractivity contribution in [3.8, 4) is 6.07 Å². The molecule has 1 heterocycles. The molecular weight excluding hydrogens is 232 g/mol. The average molecular weight is 252 g/mol. The molecule has 2 aliphatic carbocycles. The van der Waals surface area contributed by atoms with Gasteiger partial charge in [0.05, 0.1) is 11.5 Å². The van der Waals surface area contributed by atoms with E-state index in [2.05, 4.69) is 35.2 Å². The zero-order chi connectivity index (χ0) is 12.9. The van der Waals surface area contributed by atoms with E-state index in [0.717, 1.165) is 31.3 Å². The molecule has 1 aliphatic heterocycles. The predicted molar refractivity (Wildman–Crippen MR) is 74.5 cm³/mol. The number of hydrogen-bond acceptors (Lipinski definition) is 2. The SMILES string of the molecule is N#CC1(c2ccc(CN3CC4CCC3C4)cc2)CC1. The molecule has 1 aromatic rings. The molecule has 4 rings (SSSR count). The molecule has 2 heteroatoms. The lowest BCUT2D eigenvalue weighted by atomic mass is 9.96. The van der Waals surface area contributed by atoms with E-state index in [0.29, 0.717) is 0 Å². The van der Waals surface area contributed by atoms with Gasteiger partial charge in [0.2, 0.25) is 0 Å². The number of piperidine rings is 1. The number of hydrogen-bond donors (Lipinski definition) is 0. The molecule has 0 amide bonds. The van der Waals surface area contributed by atoms with Gasteiger partial charge in [0, 0.05) is 19.1 Å². The van der Waals surface area contributed by atoms with Gasteiger partial charge in [0.1, 0.15) is 0 Å². The Bertz CT molecular complexity index is 521. The highest BCUT2D eigenvalue weighted by atomic mass is 15.2. The zero-order valence-electron chi connectivity index (χ0n) is 11.3. The van der Waals surface area contributed by atoms with Gasteiger partial charge in [-0.25, -0.2) is 0 Å². The largest absolute Gasteiger partial charge is 0.296 e. The molecule has 2 atom stereocenters. The molecule has 1 saturated heterocycles. The van der Waals surface area contributed by atoms with Crippen LogP contribution in [0, 0.1) is 17.2 Å². The highest BCUT2D eigenvalue weighted by Crippen LogP contribution is 2.47. The van der Waals surface area contributed by atoms with Gasteiger partial charge in [0.15, 0.2) is 0 Å². The third kappa shape index (κ3) is 1.88. The second kappa shape index (κ2) is 4.08. The van der Waals surface area contributed by atoms with Crippen LogP contribution in [0.15, 0.2) is 24.3 Å². The molecule has 19 heavy (non-hydrogen) atoms. The van der Waals surface area contributed by atoms with Gasteiger partial charge >= 0.3 is 0 Å². The van der Waals surface area contributed by atoms with Crippen LogP contribution in [-0.2, 0) is 12.0 Å². The van der Waals surface area contributed by atoms with Crippen molar-refractivity contribution in [3.63, 3.8) is 0 Å². The molecule has 2 saturated carbocycles. The third-order valence-electron chi connectivity index (χ3n) is 5.38. The minimum absolute atomic E-state index is 0.134. The Morgan fingerprint density at radius 3 is 2.53 bits per heavy atom. The molecule has 0 radical (unpaired) electrons. The molecule has 0 spiro atoms. The van der Waals surface area contributed by atoms with E-state index in [1.54, 1.807) is 0 Å². The molecule has 98 valence electrons. The fourth-order valence-electron chi connectivity index (χ4n) is 3.97. The topological polar surface area (TPSA) is 27.0 Å². The Labute approximate surface area is 115 Å². The van der Waals surface area contributed by atoms with Crippen LogP contribution in [0.1, 0.15) is 43.2 Å². The Morgan fingerprint density at radius 2 is 2.00 bits per heavy atom. The van der Waals surface area contributed by atoms with Gasteiger partial charge in [-0.15, -0.1) is 0 Å². The van der Waals surface area contributed by atoms with Crippen molar-refractivity contribution in [1.29, 1.82) is 5.26 Å². The first kappa shape index (κ1) is 11.5. The van der Waals surface area contributed by atoms with Gasteiger partial charge in [-0.05, 0) is 49.1 Å². The molecule has 2 bridgehead atoms. The van der Waals surface area contributed by atoms with E-state index in [4.69, 9.17) is 0 Å². The van der Waals surface area contributed by atoms with Crippen molar-refractivity contribution in [1.82, 2.24) is 4.90 Å². The number of likely N-dealkylation sites (tertiary alicyclic amines) is 1. The number of nitriles is 1. The van der Waals surface area contributed by atoms with Crippen LogP contribution >= 0.6 is 0 Å². The van der Waals surface area contributed by atoms with E-state index in [1.165, 1.54) is 36.9 Å². The summed E-state index contributed by atoms with van der Waals surface area (Å²) in [6, 6.07) is 12.1. The Hall–Kier alpha value is -1.33. The first-order valence-corrected chi connectivity index (χ1v) is 7.54. The minimum Gasteiger partial charge on any atom is -0.296 e. The van der Waals surface area contributed by atoms with Crippen molar-refractivity contribution in [3.05, 3.63) is 35.4 Å². The van der Waals surface area contributed by atoms with E-state index >= 15 is 0 Å². The van der Waals surface area contributed by atoms with Gasteiger partial charge < -0.3 is 0 Å². The third-order valence-corrected chi connectivity index (χ3v) is 5.38. The zero-order valence-corrected chi connectivity index (χ0v) is 11.3. The van der Waals surface area contributed by atoms with Crippen LogP contribution in [0.5, 0.6) is 0 Å². The molecule has 3 aliphatic rings. The van der Waals surface area contributed by atoms with Crippen LogP contribution in [0.25, 0.3) is 0 Å². The van der Waals surface area contributed by atoms with Crippen LogP contribution in [0.3, 0.4) is 0 Å². The van der Waals surface area contributed by atoms with Crippen LogP contribution in [-0.4, -0.2) is 17.5 Å². The van der Waals surface area contributed by atoms with Gasteiger partial charge in [-0.3, -0.25) is 4.90 Å². The molecule has 0 N–H and O–H groups in total. The van der Waals surface area contributed by atoms with Crippen molar-refractivity contribution in [2.24, 2.45) is 5.92 Å². The van der Waals surface area contributed by atoms with Gasteiger partial charge in [-0.2, -0.15) is 5.26 Å². The van der Waals surface area contributed by atoms with Gasteiger partial charge in [0.25, 0.3) is 0 Å². The minimum atomic E-state index is -0.134. The maximum absolute atomic E-state index is 9.22. The fourth-order valence-corrected chi connectivity index (χ4v) is 3.97. The summed E-state index contributed by atoms with van der Waals surface area (Å²) >= 11 is 0. The fraction of sp³-hybridized carbons (Fsp3) is 0.588. The first-order chi connectivity index (χ1) is 9.29. The van der Waals surface area contributed by atoms with Crippen molar-refractivity contribution < 1.29 is 0 Å². The second-order valence-electron chi connectivity index (χ2n) is 6.65. The molecule has 0 aromatic heterocycles. The summed E-state index contributed by atoms with van der Waals surface area (Å²) in [7, 11) is 0. The summed E-state index contributed by atoms with van der Waals surface area (Å²) in [5.74, 6) is 0.970. The summed E-state index contributed by atoms with van der Waals surface area (Å²) < 4.78 is 0. The first-order valence-electron chi connectivity index (χ1n) is 7.54. The van der Waals surface area contributed by atoms with Crippen molar-refractivity contribution in [2.45, 2.75) is 50.1 Å². The highest BCUT2D eigenvalue weighted by molar-refractivity contribution is 5.40. The maximum Gasteiger partial charge on any atom is 0.0823 e. The summed E-state index contributed by atoms with van der Waals surface area (Å²) in [6.07, 6.45) is 6.36.